The number of aryl methyl sites for hydroxylation is 1. The molecule has 10 heteroatoms. The molecule has 1 fully saturated rings. The van der Waals surface area contributed by atoms with Crippen LogP contribution in [0.5, 0.6) is 11.6 Å². The standard InChI is InChI=1S/C27H27F3N4O3/c1-17-11-13-31-25(37-3)23(17)32-14-12-19(16-32)34-21-9-6-10-22(36-2)24(21)33(26(34)35)15-18-7-4-5-8-20(18)27(28,29)30/h4-11,13,19H,12,14-16H2,1-3H3/t19-/m1/s1. The van der Waals surface area contributed by atoms with Gasteiger partial charge < -0.3 is 14.4 Å². The number of benzene rings is 2. The molecule has 1 atom stereocenters. The molecule has 0 radical (unpaired) electrons. The zero-order valence-electron chi connectivity index (χ0n) is 20.7. The molecule has 0 aliphatic carbocycles. The lowest BCUT2D eigenvalue weighted by molar-refractivity contribution is -0.138. The molecule has 4 aromatic rings. The van der Waals surface area contributed by atoms with E-state index in [0.29, 0.717) is 42.2 Å². The number of hydrogen-bond acceptors (Lipinski definition) is 5. The van der Waals surface area contributed by atoms with Gasteiger partial charge in [0.1, 0.15) is 17.0 Å². The Morgan fingerprint density at radius 2 is 1.84 bits per heavy atom. The fourth-order valence-electron chi connectivity index (χ4n) is 5.29. The summed E-state index contributed by atoms with van der Waals surface area (Å²) in [5.74, 6) is 0.943. The molecule has 2 aromatic carbocycles. The molecule has 1 aliphatic rings. The third-order valence-electron chi connectivity index (χ3n) is 6.95. The third kappa shape index (κ3) is 4.30. The first kappa shape index (κ1) is 24.7. The largest absolute Gasteiger partial charge is 0.494 e. The zero-order valence-corrected chi connectivity index (χ0v) is 20.7. The van der Waals surface area contributed by atoms with Gasteiger partial charge in [0, 0.05) is 19.3 Å². The number of alkyl halides is 3. The minimum Gasteiger partial charge on any atom is -0.494 e. The molecule has 0 N–H and O–H groups in total. The number of para-hydroxylation sites is 1. The van der Waals surface area contributed by atoms with Crippen LogP contribution >= 0.6 is 0 Å². The minimum absolute atomic E-state index is 0.0193. The molecule has 194 valence electrons. The van der Waals surface area contributed by atoms with E-state index >= 15 is 0 Å². The second-order valence-electron chi connectivity index (χ2n) is 9.10. The van der Waals surface area contributed by atoms with Crippen molar-refractivity contribution in [2.45, 2.75) is 32.1 Å². The van der Waals surface area contributed by atoms with Crippen LogP contribution in [0.25, 0.3) is 11.0 Å². The Morgan fingerprint density at radius 1 is 1.05 bits per heavy atom. The number of hydrogen-bond donors (Lipinski definition) is 0. The predicted octanol–water partition coefficient (Wildman–Crippen LogP) is 5.04. The Labute approximate surface area is 211 Å². The summed E-state index contributed by atoms with van der Waals surface area (Å²) in [7, 11) is 3.06. The number of methoxy groups -OCH3 is 2. The van der Waals surface area contributed by atoms with Gasteiger partial charge in [-0.25, -0.2) is 9.78 Å². The smallest absolute Gasteiger partial charge is 0.416 e. The number of halogens is 3. The van der Waals surface area contributed by atoms with Crippen molar-refractivity contribution >= 4 is 16.7 Å². The molecule has 37 heavy (non-hydrogen) atoms. The minimum atomic E-state index is -4.53. The Morgan fingerprint density at radius 3 is 2.57 bits per heavy atom. The lowest BCUT2D eigenvalue weighted by Gasteiger charge is -2.22. The average molecular weight is 513 g/mol. The van der Waals surface area contributed by atoms with Crippen LogP contribution in [0.1, 0.15) is 29.2 Å². The highest BCUT2D eigenvalue weighted by Crippen LogP contribution is 2.37. The molecule has 0 amide bonds. The summed E-state index contributed by atoms with van der Waals surface area (Å²) in [6, 6.07) is 12.3. The van der Waals surface area contributed by atoms with Crippen molar-refractivity contribution in [3.8, 4) is 11.6 Å². The van der Waals surface area contributed by atoms with Crippen LogP contribution in [0.2, 0.25) is 0 Å². The summed E-state index contributed by atoms with van der Waals surface area (Å²) in [5.41, 5.74) is 1.86. The van der Waals surface area contributed by atoms with E-state index < -0.39 is 11.7 Å². The van der Waals surface area contributed by atoms with Crippen molar-refractivity contribution in [1.29, 1.82) is 0 Å². The molecular weight excluding hydrogens is 485 g/mol. The zero-order chi connectivity index (χ0) is 26.3. The number of nitrogens with zero attached hydrogens (tertiary/aromatic N) is 4. The number of ether oxygens (including phenoxy) is 2. The summed E-state index contributed by atoms with van der Waals surface area (Å²) >= 11 is 0. The van der Waals surface area contributed by atoms with E-state index in [0.717, 1.165) is 17.3 Å². The van der Waals surface area contributed by atoms with Crippen LogP contribution < -0.4 is 20.1 Å². The van der Waals surface area contributed by atoms with Crippen molar-refractivity contribution < 1.29 is 22.6 Å². The fourth-order valence-corrected chi connectivity index (χ4v) is 5.29. The molecule has 3 heterocycles. The molecular formula is C27H27F3N4O3. The van der Waals surface area contributed by atoms with Gasteiger partial charge in [0.2, 0.25) is 5.88 Å². The number of pyridine rings is 1. The van der Waals surface area contributed by atoms with Crippen LogP contribution in [0.3, 0.4) is 0 Å². The third-order valence-corrected chi connectivity index (χ3v) is 6.95. The first-order valence-corrected chi connectivity index (χ1v) is 11.9. The molecule has 5 rings (SSSR count). The summed E-state index contributed by atoms with van der Waals surface area (Å²) in [4.78, 5) is 20.3. The highest BCUT2D eigenvalue weighted by atomic mass is 19.4. The van der Waals surface area contributed by atoms with Crippen LogP contribution in [-0.4, -0.2) is 41.4 Å². The normalized spacial score (nSPS) is 15.9. The summed E-state index contributed by atoms with van der Waals surface area (Å²) in [6.45, 7) is 2.95. The molecule has 0 saturated carbocycles. The molecule has 0 spiro atoms. The van der Waals surface area contributed by atoms with Gasteiger partial charge >= 0.3 is 11.9 Å². The van der Waals surface area contributed by atoms with Crippen LogP contribution in [0.15, 0.2) is 59.5 Å². The van der Waals surface area contributed by atoms with E-state index in [1.54, 1.807) is 36.1 Å². The van der Waals surface area contributed by atoms with Crippen molar-refractivity contribution in [3.05, 3.63) is 81.9 Å². The second kappa shape index (κ2) is 9.49. The van der Waals surface area contributed by atoms with E-state index in [9.17, 15) is 18.0 Å². The second-order valence-corrected chi connectivity index (χ2v) is 9.10. The van der Waals surface area contributed by atoms with Crippen molar-refractivity contribution in [2.75, 3.05) is 32.2 Å². The quantitative estimate of drug-likeness (QED) is 0.362. The number of anilines is 1. The van der Waals surface area contributed by atoms with Crippen molar-refractivity contribution in [2.24, 2.45) is 0 Å². The summed E-state index contributed by atoms with van der Waals surface area (Å²) in [6.07, 6.45) is -2.17. The van der Waals surface area contributed by atoms with E-state index in [-0.39, 0.29) is 23.8 Å². The summed E-state index contributed by atoms with van der Waals surface area (Å²) < 4.78 is 55.3. The average Bonchev–Trinajstić information content (AvgIpc) is 3.45. The lowest BCUT2D eigenvalue weighted by atomic mass is 10.1. The van der Waals surface area contributed by atoms with E-state index in [1.807, 2.05) is 19.1 Å². The first-order chi connectivity index (χ1) is 17.7. The first-order valence-electron chi connectivity index (χ1n) is 11.9. The molecule has 0 unspecified atom stereocenters. The van der Waals surface area contributed by atoms with E-state index in [4.69, 9.17) is 9.47 Å². The molecule has 0 bridgehead atoms. The number of aromatic nitrogens is 3. The van der Waals surface area contributed by atoms with Gasteiger partial charge in [0.05, 0.1) is 37.9 Å². The topological polar surface area (TPSA) is 61.5 Å². The molecule has 2 aromatic heterocycles. The van der Waals surface area contributed by atoms with Gasteiger partial charge in [0.15, 0.2) is 0 Å². The van der Waals surface area contributed by atoms with Gasteiger partial charge in [-0.15, -0.1) is 0 Å². The Bertz CT molecular complexity index is 1510. The van der Waals surface area contributed by atoms with Crippen molar-refractivity contribution in [3.63, 3.8) is 0 Å². The monoisotopic (exact) mass is 512 g/mol. The van der Waals surface area contributed by atoms with Gasteiger partial charge in [-0.05, 0) is 48.7 Å². The Kier molecular flexibility index (Phi) is 6.35. The van der Waals surface area contributed by atoms with E-state index in [1.165, 1.54) is 23.8 Å². The fraction of sp³-hybridized carbons (Fsp3) is 0.333. The number of imidazole rings is 1. The maximum Gasteiger partial charge on any atom is 0.416 e. The lowest BCUT2D eigenvalue weighted by Crippen LogP contribution is -2.30. The molecule has 7 nitrogen and oxygen atoms in total. The van der Waals surface area contributed by atoms with Gasteiger partial charge in [0.25, 0.3) is 0 Å². The van der Waals surface area contributed by atoms with E-state index in [2.05, 4.69) is 9.88 Å². The SMILES string of the molecule is COc1nccc(C)c1N1CC[C@@H](n2c(=O)n(Cc3ccccc3C(F)(F)F)c3c(OC)cccc32)C1. The molecule has 1 aliphatic heterocycles. The number of rotatable bonds is 6. The number of fused-ring (bicyclic) bond motifs is 1. The highest BCUT2D eigenvalue weighted by Gasteiger charge is 2.34. The Hall–Kier alpha value is -3.95. The highest BCUT2D eigenvalue weighted by molar-refractivity contribution is 5.83. The van der Waals surface area contributed by atoms with Gasteiger partial charge in [-0.1, -0.05) is 24.3 Å². The van der Waals surface area contributed by atoms with Crippen molar-refractivity contribution in [1.82, 2.24) is 14.1 Å². The predicted molar refractivity (Wildman–Crippen MR) is 135 cm³/mol. The maximum absolute atomic E-state index is 13.9. The maximum atomic E-state index is 13.9. The van der Waals surface area contributed by atoms with Gasteiger partial charge in [-0.3, -0.25) is 9.13 Å². The van der Waals surface area contributed by atoms with Crippen LogP contribution in [-0.2, 0) is 12.7 Å². The van der Waals surface area contributed by atoms with Gasteiger partial charge in [-0.2, -0.15) is 13.2 Å². The van der Waals surface area contributed by atoms with Crippen LogP contribution in [0, 0.1) is 6.92 Å². The van der Waals surface area contributed by atoms with Crippen LogP contribution in [0.4, 0.5) is 18.9 Å². The molecule has 1 saturated heterocycles. The Balaban J connectivity index is 1.61. The summed E-state index contributed by atoms with van der Waals surface area (Å²) in [5, 5.41) is 0.